The van der Waals surface area contributed by atoms with Crippen LogP contribution in [0.5, 0.6) is 11.5 Å². The molecule has 106 valence electrons. The highest BCUT2D eigenvalue weighted by Gasteiger charge is 2.12. The largest absolute Gasteiger partial charge is 0.497 e. The molecule has 0 aliphatic rings. The van der Waals surface area contributed by atoms with Gasteiger partial charge in [-0.1, -0.05) is 24.3 Å². The number of methoxy groups -OCH3 is 2. The molecule has 2 aromatic carbocycles. The standard InChI is InChI=1S/C16H20N2O2/c1-19-13-7-5-6-12(10-13)15(11-17)18-14-8-3-4-9-16(14)20-2/h3-10,15,18H,11,17H2,1-2H3. The molecule has 4 heteroatoms. The number of para-hydroxylation sites is 2. The summed E-state index contributed by atoms with van der Waals surface area (Å²) in [6, 6.07) is 15.7. The van der Waals surface area contributed by atoms with E-state index >= 15 is 0 Å². The Kier molecular flexibility index (Phi) is 4.85. The molecule has 0 heterocycles. The average Bonchev–Trinajstić information content (AvgIpc) is 2.53. The molecular formula is C16H20N2O2. The molecule has 20 heavy (non-hydrogen) atoms. The van der Waals surface area contributed by atoms with Crippen LogP contribution in [0.3, 0.4) is 0 Å². The van der Waals surface area contributed by atoms with E-state index in [1.165, 1.54) is 0 Å². The molecule has 0 bridgehead atoms. The third kappa shape index (κ3) is 3.22. The number of nitrogens with one attached hydrogen (secondary N) is 1. The van der Waals surface area contributed by atoms with Crippen LogP contribution in [0.25, 0.3) is 0 Å². The highest BCUT2D eigenvalue weighted by atomic mass is 16.5. The molecule has 4 nitrogen and oxygen atoms in total. The molecule has 0 saturated heterocycles. The number of anilines is 1. The molecule has 3 N–H and O–H groups in total. The van der Waals surface area contributed by atoms with Crippen molar-refractivity contribution < 1.29 is 9.47 Å². The Labute approximate surface area is 119 Å². The van der Waals surface area contributed by atoms with Crippen LogP contribution in [0.1, 0.15) is 11.6 Å². The number of hydrogen-bond donors (Lipinski definition) is 2. The van der Waals surface area contributed by atoms with Crippen LogP contribution in [-0.2, 0) is 0 Å². The predicted octanol–water partition coefficient (Wildman–Crippen LogP) is 2.82. The van der Waals surface area contributed by atoms with Crippen LogP contribution >= 0.6 is 0 Å². The Balaban J connectivity index is 2.24. The first kappa shape index (κ1) is 14.2. The maximum atomic E-state index is 5.89. The molecule has 0 amide bonds. The quantitative estimate of drug-likeness (QED) is 0.849. The van der Waals surface area contributed by atoms with Crippen molar-refractivity contribution in [1.82, 2.24) is 0 Å². The Bertz CT molecular complexity index is 558. The SMILES string of the molecule is COc1cccc(C(CN)Nc2ccccc2OC)c1. The van der Waals surface area contributed by atoms with Crippen LogP contribution in [0, 0.1) is 0 Å². The van der Waals surface area contributed by atoms with Gasteiger partial charge in [0.1, 0.15) is 11.5 Å². The summed E-state index contributed by atoms with van der Waals surface area (Å²) in [6.07, 6.45) is 0. The fourth-order valence-electron chi connectivity index (χ4n) is 2.09. The van der Waals surface area contributed by atoms with E-state index in [1.807, 2.05) is 48.5 Å². The molecule has 0 aliphatic carbocycles. The van der Waals surface area contributed by atoms with Gasteiger partial charge in [0.2, 0.25) is 0 Å². The Morgan fingerprint density at radius 2 is 1.85 bits per heavy atom. The van der Waals surface area contributed by atoms with Gasteiger partial charge in [0.25, 0.3) is 0 Å². The van der Waals surface area contributed by atoms with Gasteiger partial charge in [0, 0.05) is 6.54 Å². The molecule has 0 aromatic heterocycles. The number of hydrogen-bond acceptors (Lipinski definition) is 4. The minimum Gasteiger partial charge on any atom is -0.497 e. The van der Waals surface area contributed by atoms with Crippen LogP contribution in [0.15, 0.2) is 48.5 Å². The number of ether oxygens (including phenoxy) is 2. The van der Waals surface area contributed by atoms with Crippen molar-refractivity contribution in [3.8, 4) is 11.5 Å². The van der Waals surface area contributed by atoms with E-state index < -0.39 is 0 Å². The minimum absolute atomic E-state index is 0.00130. The first-order valence-corrected chi connectivity index (χ1v) is 6.52. The molecule has 1 unspecified atom stereocenters. The van der Waals surface area contributed by atoms with Crippen molar-refractivity contribution in [3.63, 3.8) is 0 Å². The van der Waals surface area contributed by atoms with Gasteiger partial charge in [-0.2, -0.15) is 0 Å². The zero-order valence-electron chi connectivity index (χ0n) is 11.8. The van der Waals surface area contributed by atoms with Crippen molar-refractivity contribution in [3.05, 3.63) is 54.1 Å². The molecule has 2 rings (SSSR count). The van der Waals surface area contributed by atoms with E-state index in [0.717, 1.165) is 22.7 Å². The van der Waals surface area contributed by atoms with E-state index in [0.29, 0.717) is 6.54 Å². The topological polar surface area (TPSA) is 56.5 Å². The van der Waals surface area contributed by atoms with Gasteiger partial charge < -0.3 is 20.5 Å². The van der Waals surface area contributed by atoms with E-state index in [9.17, 15) is 0 Å². The fourth-order valence-corrected chi connectivity index (χ4v) is 2.09. The Hall–Kier alpha value is -2.20. The van der Waals surface area contributed by atoms with E-state index in [-0.39, 0.29) is 6.04 Å². The van der Waals surface area contributed by atoms with Gasteiger partial charge in [0.05, 0.1) is 25.9 Å². The van der Waals surface area contributed by atoms with Crippen molar-refractivity contribution >= 4 is 5.69 Å². The summed E-state index contributed by atoms with van der Waals surface area (Å²) < 4.78 is 10.6. The second-order valence-electron chi connectivity index (χ2n) is 4.41. The molecule has 0 spiro atoms. The molecule has 0 saturated carbocycles. The number of rotatable bonds is 6. The zero-order valence-corrected chi connectivity index (χ0v) is 11.8. The molecule has 2 aromatic rings. The Morgan fingerprint density at radius 1 is 1.05 bits per heavy atom. The summed E-state index contributed by atoms with van der Waals surface area (Å²) in [4.78, 5) is 0. The smallest absolute Gasteiger partial charge is 0.141 e. The lowest BCUT2D eigenvalue weighted by atomic mass is 10.1. The summed E-state index contributed by atoms with van der Waals surface area (Å²) in [5.74, 6) is 1.62. The van der Waals surface area contributed by atoms with Gasteiger partial charge in [-0.05, 0) is 29.8 Å². The van der Waals surface area contributed by atoms with Gasteiger partial charge in [0.15, 0.2) is 0 Å². The lowest BCUT2D eigenvalue weighted by molar-refractivity contribution is 0.413. The van der Waals surface area contributed by atoms with Crippen molar-refractivity contribution in [1.29, 1.82) is 0 Å². The lowest BCUT2D eigenvalue weighted by Crippen LogP contribution is -2.20. The monoisotopic (exact) mass is 272 g/mol. The summed E-state index contributed by atoms with van der Waals surface area (Å²) in [5.41, 5.74) is 7.90. The first-order valence-electron chi connectivity index (χ1n) is 6.52. The first-order chi connectivity index (χ1) is 9.78. The molecule has 0 fully saturated rings. The second kappa shape index (κ2) is 6.82. The third-order valence-electron chi connectivity index (χ3n) is 3.17. The van der Waals surface area contributed by atoms with Crippen molar-refractivity contribution in [2.75, 3.05) is 26.1 Å². The van der Waals surface area contributed by atoms with Crippen LogP contribution in [-0.4, -0.2) is 20.8 Å². The Morgan fingerprint density at radius 3 is 2.55 bits per heavy atom. The zero-order chi connectivity index (χ0) is 14.4. The van der Waals surface area contributed by atoms with Crippen LogP contribution < -0.4 is 20.5 Å². The summed E-state index contributed by atoms with van der Waals surface area (Å²) in [7, 11) is 3.31. The van der Waals surface area contributed by atoms with Crippen molar-refractivity contribution in [2.24, 2.45) is 5.73 Å². The third-order valence-corrected chi connectivity index (χ3v) is 3.17. The fraction of sp³-hybridized carbons (Fsp3) is 0.250. The highest BCUT2D eigenvalue weighted by Crippen LogP contribution is 2.28. The number of nitrogens with two attached hydrogens (primary N) is 1. The molecule has 0 radical (unpaired) electrons. The highest BCUT2D eigenvalue weighted by molar-refractivity contribution is 5.57. The summed E-state index contributed by atoms with van der Waals surface area (Å²) in [5, 5.41) is 3.41. The van der Waals surface area contributed by atoms with E-state index in [2.05, 4.69) is 5.32 Å². The summed E-state index contributed by atoms with van der Waals surface area (Å²) in [6.45, 7) is 0.477. The van der Waals surface area contributed by atoms with Gasteiger partial charge in [-0.25, -0.2) is 0 Å². The summed E-state index contributed by atoms with van der Waals surface area (Å²) >= 11 is 0. The maximum Gasteiger partial charge on any atom is 0.141 e. The second-order valence-corrected chi connectivity index (χ2v) is 4.41. The van der Waals surface area contributed by atoms with Gasteiger partial charge in [-0.3, -0.25) is 0 Å². The van der Waals surface area contributed by atoms with Crippen LogP contribution in [0.2, 0.25) is 0 Å². The molecule has 0 aliphatic heterocycles. The van der Waals surface area contributed by atoms with Crippen molar-refractivity contribution in [2.45, 2.75) is 6.04 Å². The average molecular weight is 272 g/mol. The van der Waals surface area contributed by atoms with Gasteiger partial charge in [-0.15, -0.1) is 0 Å². The number of benzene rings is 2. The van der Waals surface area contributed by atoms with E-state index in [1.54, 1.807) is 14.2 Å². The van der Waals surface area contributed by atoms with Crippen LogP contribution in [0.4, 0.5) is 5.69 Å². The normalized spacial score (nSPS) is 11.8. The molecule has 1 atom stereocenters. The van der Waals surface area contributed by atoms with E-state index in [4.69, 9.17) is 15.2 Å². The molecular weight excluding hydrogens is 252 g/mol. The lowest BCUT2D eigenvalue weighted by Gasteiger charge is -2.20. The predicted molar refractivity (Wildman–Crippen MR) is 81.4 cm³/mol. The maximum absolute atomic E-state index is 5.89. The van der Waals surface area contributed by atoms with Gasteiger partial charge >= 0.3 is 0 Å². The minimum atomic E-state index is 0.00130.